The van der Waals surface area contributed by atoms with E-state index in [1.807, 2.05) is 30.3 Å². The second-order valence-electron chi connectivity index (χ2n) is 4.61. The molecule has 0 atom stereocenters. The Labute approximate surface area is 135 Å². The number of carbonyl (C=O) groups excluding carboxylic acids is 1. The highest BCUT2D eigenvalue weighted by atomic mass is 16.5. The van der Waals surface area contributed by atoms with Crippen LogP contribution < -0.4 is 24.8 Å². The smallest absolute Gasteiger partial charge is 0.319 e. The van der Waals surface area contributed by atoms with Crippen molar-refractivity contribution >= 4 is 11.7 Å². The van der Waals surface area contributed by atoms with Crippen molar-refractivity contribution in [3.8, 4) is 17.2 Å². The van der Waals surface area contributed by atoms with Crippen molar-refractivity contribution in [3.63, 3.8) is 0 Å². The second-order valence-corrected chi connectivity index (χ2v) is 4.61. The van der Waals surface area contributed by atoms with Gasteiger partial charge in [-0.2, -0.15) is 0 Å². The van der Waals surface area contributed by atoms with Gasteiger partial charge in [0.1, 0.15) is 12.4 Å². The zero-order valence-corrected chi connectivity index (χ0v) is 13.2. The van der Waals surface area contributed by atoms with Crippen LogP contribution in [0, 0.1) is 0 Å². The van der Waals surface area contributed by atoms with Gasteiger partial charge in [-0.05, 0) is 24.3 Å². The van der Waals surface area contributed by atoms with Gasteiger partial charge in [0.05, 0.1) is 20.8 Å². The third-order valence-electron chi connectivity index (χ3n) is 3.04. The molecular formula is C17H20N2O4. The minimum absolute atomic E-state index is 0.311. The van der Waals surface area contributed by atoms with E-state index in [1.54, 1.807) is 32.4 Å². The number of ether oxygens (including phenoxy) is 3. The van der Waals surface area contributed by atoms with E-state index in [2.05, 4.69) is 10.6 Å². The largest absolute Gasteiger partial charge is 0.493 e. The van der Waals surface area contributed by atoms with Gasteiger partial charge in [-0.3, -0.25) is 0 Å². The molecule has 6 heteroatoms. The summed E-state index contributed by atoms with van der Waals surface area (Å²) in [5.74, 6) is 1.93. The number of hydrogen-bond donors (Lipinski definition) is 2. The number of para-hydroxylation sites is 1. The van der Waals surface area contributed by atoms with Crippen molar-refractivity contribution in [2.45, 2.75) is 0 Å². The Morgan fingerprint density at radius 3 is 2.43 bits per heavy atom. The minimum atomic E-state index is -0.311. The van der Waals surface area contributed by atoms with Crippen LogP contribution in [0.5, 0.6) is 17.2 Å². The SMILES string of the molecule is COc1ccc(NC(=O)NCCOc2ccccc2)cc1OC. The number of anilines is 1. The van der Waals surface area contributed by atoms with Crippen LogP contribution in [0.1, 0.15) is 0 Å². The van der Waals surface area contributed by atoms with Gasteiger partial charge < -0.3 is 24.8 Å². The number of benzene rings is 2. The minimum Gasteiger partial charge on any atom is -0.493 e. The fraction of sp³-hybridized carbons (Fsp3) is 0.235. The maximum Gasteiger partial charge on any atom is 0.319 e. The lowest BCUT2D eigenvalue weighted by atomic mass is 10.3. The molecule has 23 heavy (non-hydrogen) atoms. The third-order valence-corrected chi connectivity index (χ3v) is 3.04. The van der Waals surface area contributed by atoms with Crippen LogP contribution in [0.3, 0.4) is 0 Å². The molecule has 0 spiro atoms. The monoisotopic (exact) mass is 316 g/mol. The van der Waals surface area contributed by atoms with Crippen LogP contribution in [0.15, 0.2) is 48.5 Å². The van der Waals surface area contributed by atoms with Gasteiger partial charge in [-0.15, -0.1) is 0 Å². The van der Waals surface area contributed by atoms with Crippen molar-refractivity contribution < 1.29 is 19.0 Å². The molecule has 0 saturated heterocycles. The molecule has 0 aliphatic rings. The summed E-state index contributed by atoms with van der Waals surface area (Å²) in [6.07, 6.45) is 0. The van der Waals surface area contributed by atoms with E-state index >= 15 is 0 Å². The van der Waals surface area contributed by atoms with Crippen LogP contribution in [0.25, 0.3) is 0 Å². The number of rotatable bonds is 7. The Morgan fingerprint density at radius 2 is 1.74 bits per heavy atom. The molecule has 2 amide bonds. The van der Waals surface area contributed by atoms with E-state index in [-0.39, 0.29) is 6.03 Å². The Hall–Kier alpha value is -2.89. The van der Waals surface area contributed by atoms with Crippen LogP contribution in [0.2, 0.25) is 0 Å². The highest BCUT2D eigenvalue weighted by molar-refractivity contribution is 5.89. The normalized spacial score (nSPS) is 9.83. The summed E-state index contributed by atoms with van der Waals surface area (Å²) in [6.45, 7) is 0.789. The van der Waals surface area contributed by atoms with E-state index in [1.165, 1.54) is 0 Å². The van der Waals surface area contributed by atoms with E-state index in [0.29, 0.717) is 30.3 Å². The summed E-state index contributed by atoms with van der Waals surface area (Å²) >= 11 is 0. The first-order valence-electron chi connectivity index (χ1n) is 7.17. The summed E-state index contributed by atoms with van der Waals surface area (Å²) < 4.78 is 15.8. The van der Waals surface area contributed by atoms with Crippen molar-refractivity contribution in [2.24, 2.45) is 0 Å². The molecule has 0 unspecified atom stereocenters. The van der Waals surface area contributed by atoms with E-state index in [9.17, 15) is 4.79 Å². The maximum absolute atomic E-state index is 11.8. The number of carbonyl (C=O) groups is 1. The molecule has 2 aromatic carbocycles. The number of nitrogens with one attached hydrogen (secondary N) is 2. The highest BCUT2D eigenvalue weighted by Crippen LogP contribution is 2.29. The van der Waals surface area contributed by atoms with Gasteiger partial charge in [0, 0.05) is 11.8 Å². The standard InChI is InChI=1S/C17H20N2O4/c1-21-15-9-8-13(12-16(15)22-2)19-17(20)18-10-11-23-14-6-4-3-5-7-14/h3-9,12H,10-11H2,1-2H3,(H2,18,19,20). The summed E-state index contributed by atoms with van der Waals surface area (Å²) in [7, 11) is 3.10. The zero-order valence-electron chi connectivity index (χ0n) is 13.2. The van der Waals surface area contributed by atoms with E-state index in [0.717, 1.165) is 5.75 Å². The average Bonchev–Trinajstić information content (AvgIpc) is 2.59. The van der Waals surface area contributed by atoms with Crippen molar-refractivity contribution in [1.29, 1.82) is 0 Å². The number of urea groups is 1. The van der Waals surface area contributed by atoms with E-state index in [4.69, 9.17) is 14.2 Å². The first-order chi connectivity index (χ1) is 11.2. The molecule has 0 fully saturated rings. The van der Waals surface area contributed by atoms with Crippen LogP contribution in [-0.4, -0.2) is 33.4 Å². The van der Waals surface area contributed by atoms with Gasteiger partial charge >= 0.3 is 6.03 Å². The van der Waals surface area contributed by atoms with Gasteiger partial charge in [-0.1, -0.05) is 18.2 Å². The molecule has 0 aliphatic heterocycles. The first-order valence-corrected chi connectivity index (χ1v) is 7.17. The predicted octanol–water partition coefficient (Wildman–Crippen LogP) is 2.90. The third kappa shape index (κ3) is 5.10. The Kier molecular flexibility index (Phi) is 6.11. The number of methoxy groups -OCH3 is 2. The molecule has 6 nitrogen and oxygen atoms in total. The topological polar surface area (TPSA) is 68.8 Å². The zero-order chi connectivity index (χ0) is 16.5. The molecule has 0 bridgehead atoms. The van der Waals surface area contributed by atoms with Crippen LogP contribution >= 0.6 is 0 Å². The van der Waals surface area contributed by atoms with Gasteiger partial charge in [0.25, 0.3) is 0 Å². The molecule has 2 aromatic rings. The predicted molar refractivity (Wildman–Crippen MR) is 88.5 cm³/mol. The number of amides is 2. The van der Waals surface area contributed by atoms with Crippen molar-refractivity contribution in [1.82, 2.24) is 5.32 Å². The molecular weight excluding hydrogens is 296 g/mol. The maximum atomic E-state index is 11.8. The van der Waals surface area contributed by atoms with Crippen molar-refractivity contribution in [3.05, 3.63) is 48.5 Å². The molecule has 2 rings (SSSR count). The highest BCUT2D eigenvalue weighted by Gasteiger charge is 2.07. The van der Waals surface area contributed by atoms with Crippen molar-refractivity contribution in [2.75, 3.05) is 32.7 Å². The Balaban J connectivity index is 1.76. The lowest BCUT2D eigenvalue weighted by Gasteiger charge is -2.11. The van der Waals surface area contributed by atoms with Crippen LogP contribution in [-0.2, 0) is 0 Å². The van der Waals surface area contributed by atoms with Gasteiger partial charge in [-0.25, -0.2) is 4.79 Å². The van der Waals surface area contributed by atoms with Crippen LogP contribution in [0.4, 0.5) is 10.5 Å². The lowest BCUT2D eigenvalue weighted by Crippen LogP contribution is -2.32. The summed E-state index contributed by atoms with van der Waals surface area (Å²) in [5, 5.41) is 5.45. The Bertz CT molecular complexity index is 632. The Morgan fingerprint density at radius 1 is 1.00 bits per heavy atom. The number of hydrogen-bond acceptors (Lipinski definition) is 4. The van der Waals surface area contributed by atoms with Gasteiger partial charge in [0.15, 0.2) is 11.5 Å². The molecule has 0 heterocycles. The summed E-state index contributed by atoms with van der Waals surface area (Å²) in [4.78, 5) is 11.8. The molecule has 0 radical (unpaired) electrons. The van der Waals surface area contributed by atoms with E-state index < -0.39 is 0 Å². The average molecular weight is 316 g/mol. The summed E-state index contributed by atoms with van der Waals surface area (Å²) in [5.41, 5.74) is 0.615. The first kappa shape index (κ1) is 16.5. The molecule has 122 valence electrons. The summed E-state index contributed by atoms with van der Waals surface area (Å²) in [6, 6.07) is 14.3. The second kappa shape index (κ2) is 8.53. The molecule has 0 aromatic heterocycles. The quantitative estimate of drug-likeness (QED) is 0.771. The molecule has 0 aliphatic carbocycles. The molecule has 0 saturated carbocycles. The fourth-order valence-corrected chi connectivity index (χ4v) is 1.94. The van der Waals surface area contributed by atoms with Gasteiger partial charge in [0.2, 0.25) is 0 Å². The fourth-order valence-electron chi connectivity index (χ4n) is 1.94. The molecule has 2 N–H and O–H groups in total. The lowest BCUT2D eigenvalue weighted by molar-refractivity contribution is 0.247.